The van der Waals surface area contributed by atoms with E-state index in [0.29, 0.717) is 0 Å². The summed E-state index contributed by atoms with van der Waals surface area (Å²) in [7, 11) is 0. The zero-order chi connectivity index (χ0) is 13.8. The zero-order valence-corrected chi connectivity index (χ0v) is 11.8. The first kappa shape index (κ1) is 13.2. The second-order valence-corrected chi connectivity index (χ2v) is 5.43. The van der Waals surface area contributed by atoms with Gasteiger partial charge in [-0.15, -0.1) is 0 Å². The maximum atomic E-state index is 6.06. The van der Waals surface area contributed by atoms with E-state index in [1.165, 1.54) is 32.5 Å². The fourth-order valence-electron chi connectivity index (χ4n) is 2.88. The molecule has 3 rings (SSSR count). The van der Waals surface area contributed by atoms with Gasteiger partial charge in [-0.05, 0) is 45.0 Å². The first-order valence-electron chi connectivity index (χ1n) is 7.44. The van der Waals surface area contributed by atoms with Crippen LogP contribution in [0.15, 0.2) is 30.5 Å². The van der Waals surface area contributed by atoms with Crippen molar-refractivity contribution in [2.75, 3.05) is 37.2 Å². The van der Waals surface area contributed by atoms with Crippen molar-refractivity contribution in [3.05, 3.63) is 30.5 Å². The Balaban J connectivity index is 1.63. The Morgan fingerprint density at radius 2 is 2.00 bits per heavy atom. The SMILES string of the molecule is Nc1cnc2ccccc2c1NCCCN1CCCC1. The maximum absolute atomic E-state index is 6.06. The normalized spacial score (nSPS) is 15.8. The Labute approximate surface area is 120 Å². The molecule has 0 saturated carbocycles. The predicted molar refractivity (Wildman–Crippen MR) is 84.9 cm³/mol. The number of fused-ring (bicyclic) bond motifs is 1. The number of anilines is 2. The number of rotatable bonds is 5. The van der Waals surface area contributed by atoms with Crippen molar-refractivity contribution in [3.8, 4) is 0 Å². The molecule has 4 heteroatoms. The summed E-state index contributed by atoms with van der Waals surface area (Å²) >= 11 is 0. The molecule has 1 saturated heterocycles. The summed E-state index contributed by atoms with van der Waals surface area (Å²) in [6.45, 7) is 4.66. The van der Waals surface area contributed by atoms with Gasteiger partial charge in [-0.1, -0.05) is 18.2 Å². The summed E-state index contributed by atoms with van der Waals surface area (Å²) in [5.74, 6) is 0. The number of nitrogens with two attached hydrogens (primary N) is 1. The van der Waals surface area contributed by atoms with Crippen LogP contribution in [0, 0.1) is 0 Å². The Morgan fingerprint density at radius 1 is 1.20 bits per heavy atom. The largest absolute Gasteiger partial charge is 0.396 e. The standard InChI is InChI=1S/C16H22N4/c17-14-12-19-15-7-2-1-6-13(15)16(14)18-8-5-11-20-9-3-4-10-20/h1-2,6-7,12H,3-5,8-11,17H2,(H,18,19). The van der Waals surface area contributed by atoms with Gasteiger partial charge < -0.3 is 16.0 Å². The molecule has 0 amide bonds. The molecule has 106 valence electrons. The molecule has 1 aliphatic rings. The number of likely N-dealkylation sites (tertiary alicyclic amines) is 1. The zero-order valence-electron chi connectivity index (χ0n) is 11.8. The van der Waals surface area contributed by atoms with Crippen LogP contribution in [0.1, 0.15) is 19.3 Å². The topological polar surface area (TPSA) is 54.2 Å². The fourth-order valence-corrected chi connectivity index (χ4v) is 2.88. The number of nitrogens with one attached hydrogen (secondary N) is 1. The second-order valence-electron chi connectivity index (χ2n) is 5.43. The Kier molecular flexibility index (Phi) is 4.02. The molecule has 0 spiro atoms. The van der Waals surface area contributed by atoms with E-state index in [4.69, 9.17) is 5.73 Å². The van der Waals surface area contributed by atoms with Crippen LogP contribution in [0.2, 0.25) is 0 Å². The third-order valence-corrected chi connectivity index (χ3v) is 3.96. The average molecular weight is 270 g/mol. The van der Waals surface area contributed by atoms with Crippen LogP contribution >= 0.6 is 0 Å². The highest BCUT2D eigenvalue weighted by Gasteiger charge is 2.10. The van der Waals surface area contributed by atoms with Crippen molar-refractivity contribution >= 4 is 22.3 Å². The van der Waals surface area contributed by atoms with Crippen LogP contribution in [0.3, 0.4) is 0 Å². The van der Waals surface area contributed by atoms with Gasteiger partial charge >= 0.3 is 0 Å². The maximum Gasteiger partial charge on any atom is 0.0743 e. The lowest BCUT2D eigenvalue weighted by molar-refractivity contribution is 0.337. The third kappa shape index (κ3) is 2.85. The van der Waals surface area contributed by atoms with Crippen LogP contribution in [-0.4, -0.2) is 36.1 Å². The summed E-state index contributed by atoms with van der Waals surface area (Å²) < 4.78 is 0. The van der Waals surface area contributed by atoms with Gasteiger partial charge in [-0.25, -0.2) is 0 Å². The third-order valence-electron chi connectivity index (χ3n) is 3.96. The molecule has 0 atom stereocenters. The second kappa shape index (κ2) is 6.09. The molecule has 0 unspecified atom stereocenters. The van der Waals surface area contributed by atoms with Crippen LogP contribution < -0.4 is 11.1 Å². The highest BCUT2D eigenvalue weighted by atomic mass is 15.1. The molecule has 20 heavy (non-hydrogen) atoms. The van der Waals surface area contributed by atoms with Crippen molar-refractivity contribution < 1.29 is 0 Å². The van der Waals surface area contributed by atoms with Crippen molar-refractivity contribution in [2.45, 2.75) is 19.3 Å². The first-order valence-corrected chi connectivity index (χ1v) is 7.44. The summed E-state index contributed by atoms with van der Waals surface area (Å²) in [5, 5.41) is 4.59. The van der Waals surface area contributed by atoms with E-state index in [9.17, 15) is 0 Å². The highest BCUT2D eigenvalue weighted by Crippen LogP contribution is 2.27. The van der Waals surface area contributed by atoms with E-state index >= 15 is 0 Å². The molecule has 0 radical (unpaired) electrons. The lowest BCUT2D eigenvalue weighted by Gasteiger charge is -2.16. The van der Waals surface area contributed by atoms with Gasteiger partial charge in [0.25, 0.3) is 0 Å². The number of para-hydroxylation sites is 1. The minimum absolute atomic E-state index is 0.727. The molecular weight excluding hydrogens is 248 g/mol. The van der Waals surface area contributed by atoms with Crippen LogP contribution in [0.4, 0.5) is 11.4 Å². The van der Waals surface area contributed by atoms with Gasteiger partial charge in [0.1, 0.15) is 0 Å². The van der Waals surface area contributed by atoms with Crippen LogP contribution in [0.25, 0.3) is 10.9 Å². The van der Waals surface area contributed by atoms with E-state index in [-0.39, 0.29) is 0 Å². The van der Waals surface area contributed by atoms with Crippen molar-refractivity contribution in [1.82, 2.24) is 9.88 Å². The minimum Gasteiger partial charge on any atom is -0.396 e. The average Bonchev–Trinajstić information content (AvgIpc) is 2.98. The van der Waals surface area contributed by atoms with E-state index in [1.54, 1.807) is 6.20 Å². The van der Waals surface area contributed by atoms with Gasteiger partial charge in [-0.3, -0.25) is 4.98 Å². The summed E-state index contributed by atoms with van der Waals surface area (Å²) in [6, 6.07) is 8.12. The predicted octanol–water partition coefficient (Wildman–Crippen LogP) is 2.71. The minimum atomic E-state index is 0.727. The number of nitrogen functional groups attached to an aromatic ring is 1. The lowest BCUT2D eigenvalue weighted by atomic mass is 10.1. The Hall–Kier alpha value is -1.81. The van der Waals surface area contributed by atoms with Gasteiger partial charge in [0.15, 0.2) is 0 Å². The number of benzene rings is 1. The van der Waals surface area contributed by atoms with Crippen molar-refractivity contribution in [2.24, 2.45) is 0 Å². The van der Waals surface area contributed by atoms with Crippen LogP contribution in [-0.2, 0) is 0 Å². The molecule has 2 heterocycles. The monoisotopic (exact) mass is 270 g/mol. The number of pyridine rings is 1. The summed E-state index contributed by atoms with van der Waals surface area (Å²) in [4.78, 5) is 6.90. The molecule has 4 nitrogen and oxygen atoms in total. The number of hydrogen-bond acceptors (Lipinski definition) is 4. The number of hydrogen-bond donors (Lipinski definition) is 2. The van der Waals surface area contributed by atoms with Gasteiger partial charge in [-0.2, -0.15) is 0 Å². The lowest BCUT2D eigenvalue weighted by Crippen LogP contribution is -2.22. The Morgan fingerprint density at radius 3 is 2.85 bits per heavy atom. The molecule has 2 aromatic rings. The molecule has 1 aromatic heterocycles. The quantitative estimate of drug-likeness (QED) is 0.820. The van der Waals surface area contributed by atoms with E-state index in [1.807, 2.05) is 18.2 Å². The molecule has 1 fully saturated rings. The molecule has 1 aromatic carbocycles. The molecule has 0 aliphatic carbocycles. The highest BCUT2D eigenvalue weighted by molar-refractivity contribution is 5.96. The smallest absolute Gasteiger partial charge is 0.0743 e. The summed E-state index contributed by atoms with van der Waals surface area (Å²) in [6.07, 6.45) is 5.60. The number of aromatic nitrogens is 1. The molecule has 0 bridgehead atoms. The van der Waals surface area contributed by atoms with Crippen molar-refractivity contribution in [1.29, 1.82) is 0 Å². The van der Waals surface area contributed by atoms with E-state index in [0.717, 1.165) is 35.2 Å². The summed E-state index contributed by atoms with van der Waals surface area (Å²) in [5.41, 5.74) is 8.80. The first-order chi connectivity index (χ1) is 9.84. The van der Waals surface area contributed by atoms with Gasteiger partial charge in [0.2, 0.25) is 0 Å². The van der Waals surface area contributed by atoms with Gasteiger partial charge in [0, 0.05) is 11.9 Å². The van der Waals surface area contributed by atoms with Gasteiger partial charge in [0.05, 0.1) is 23.1 Å². The Bertz CT molecular complexity index is 576. The molecule has 3 N–H and O–H groups in total. The molecule has 1 aliphatic heterocycles. The number of nitrogens with zero attached hydrogens (tertiary/aromatic N) is 2. The van der Waals surface area contributed by atoms with E-state index in [2.05, 4.69) is 21.3 Å². The van der Waals surface area contributed by atoms with Crippen LogP contribution in [0.5, 0.6) is 0 Å². The molecular formula is C16H22N4. The van der Waals surface area contributed by atoms with Crippen molar-refractivity contribution in [3.63, 3.8) is 0 Å². The fraction of sp³-hybridized carbons (Fsp3) is 0.438. The van der Waals surface area contributed by atoms with E-state index < -0.39 is 0 Å².